The van der Waals surface area contributed by atoms with E-state index < -0.39 is 0 Å². The van der Waals surface area contributed by atoms with Crippen LogP contribution in [0, 0.1) is 0 Å². The number of fused-ring (bicyclic) bond motifs is 1. The molecule has 3 aromatic heterocycles. The molecule has 3 aromatic rings. The lowest BCUT2D eigenvalue weighted by Gasteiger charge is -2.05. The van der Waals surface area contributed by atoms with E-state index in [-0.39, 0.29) is 0 Å². The van der Waals surface area contributed by atoms with Gasteiger partial charge in [-0.25, -0.2) is 4.98 Å². The summed E-state index contributed by atoms with van der Waals surface area (Å²) in [6.45, 7) is 0.547. The molecule has 0 aliphatic heterocycles. The average Bonchev–Trinajstić information content (AvgIpc) is 3.07. The van der Waals surface area contributed by atoms with E-state index in [2.05, 4.69) is 9.97 Å². The zero-order chi connectivity index (χ0) is 13.2. The molecule has 0 aromatic carbocycles. The van der Waals surface area contributed by atoms with Crippen LogP contribution in [-0.2, 0) is 12.4 Å². The summed E-state index contributed by atoms with van der Waals surface area (Å²) in [6.07, 6.45) is 1.64. The first-order valence-electron chi connectivity index (χ1n) is 5.80. The summed E-state index contributed by atoms with van der Waals surface area (Å²) in [7, 11) is 1.59. The van der Waals surface area contributed by atoms with Gasteiger partial charge in [0.25, 0.3) is 0 Å². The number of methoxy groups -OCH3 is 1. The van der Waals surface area contributed by atoms with E-state index in [1.807, 2.05) is 22.8 Å². The largest absolute Gasteiger partial charge is 0.481 e. The number of ether oxygens (including phenoxy) is 1. The first kappa shape index (κ1) is 12.0. The van der Waals surface area contributed by atoms with E-state index in [1.54, 1.807) is 19.4 Å². The Morgan fingerprint density at radius 2 is 2.21 bits per heavy atom. The van der Waals surface area contributed by atoms with Crippen LogP contribution in [0.5, 0.6) is 5.88 Å². The second kappa shape index (κ2) is 4.93. The molecule has 3 heterocycles. The predicted octanol–water partition coefficient (Wildman–Crippen LogP) is 2.82. The average molecular weight is 278 g/mol. The van der Waals surface area contributed by atoms with Crippen LogP contribution < -0.4 is 4.74 Å². The molecule has 0 unspecified atom stereocenters. The van der Waals surface area contributed by atoms with Gasteiger partial charge in [0, 0.05) is 6.07 Å². The van der Waals surface area contributed by atoms with Crippen molar-refractivity contribution in [2.45, 2.75) is 12.4 Å². The Morgan fingerprint density at radius 3 is 2.89 bits per heavy atom. The summed E-state index contributed by atoms with van der Waals surface area (Å²) < 4.78 is 12.4. The van der Waals surface area contributed by atoms with Crippen molar-refractivity contribution in [1.29, 1.82) is 0 Å². The summed E-state index contributed by atoms with van der Waals surface area (Å²) in [6, 6.07) is 7.41. The number of furan rings is 1. The summed E-state index contributed by atoms with van der Waals surface area (Å²) in [4.78, 5) is 8.88. The molecule has 0 aliphatic rings. The molecule has 0 saturated carbocycles. The van der Waals surface area contributed by atoms with E-state index in [9.17, 15) is 0 Å². The zero-order valence-electron chi connectivity index (χ0n) is 10.3. The Bertz CT molecular complexity index is 691. The molecule has 3 rings (SSSR count). The lowest BCUT2D eigenvalue weighted by atomic mass is 10.4. The molecule has 0 aliphatic carbocycles. The van der Waals surface area contributed by atoms with Crippen LogP contribution in [0.2, 0.25) is 0 Å². The summed E-state index contributed by atoms with van der Waals surface area (Å²) in [5.41, 5.74) is 1.54. The van der Waals surface area contributed by atoms with E-state index >= 15 is 0 Å². The molecule has 0 radical (unpaired) electrons. The van der Waals surface area contributed by atoms with Gasteiger partial charge in [0.2, 0.25) is 5.88 Å². The fourth-order valence-corrected chi connectivity index (χ4v) is 2.18. The van der Waals surface area contributed by atoms with Crippen molar-refractivity contribution >= 4 is 22.8 Å². The SMILES string of the molecule is COc1ccc2nc(CCl)n(Cc3ccco3)c2n1. The number of imidazole rings is 1. The van der Waals surface area contributed by atoms with Crippen molar-refractivity contribution in [1.82, 2.24) is 14.5 Å². The fraction of sp³-hybridized carbons (Fsp3) is 0.231. The molecule has 0 fully saturated rings. The maximum Gasteiger partial charge on any atom is 0.215 e. The summed E-state index contributed by atoms with van der Waals surface area (Å²) in [5, 5.41) is 0. The molecular weight excluding hydrogens is 266 g/mol. The molecule has 0 atom stereocenters. The van der Waals surface area contributed by atoms with Gasteiger partial charge < -0.3 is 13.7 Å². The van der Waals surface area contributed by atoms with Crippen molar-refractivity contribution in [3.8, 4) is 5.88 Å². The zero-order valence-corrected chi connectivity index (χ0v) is 11.1. The Labute approximate surface area is 114 Å². The van der Waals surface area contributed by atoms with Crippen LogP contribution in [0.15, 0.2) is 34.9 Å². The minimum atomic E-state index is 0.319. The standard InChI is InChI=1S/C13H12ClN3O2/c1-18-12-5-4-10-13(16-12)17(11(7-14)15-10)8-9-3-2-6-19-9/h2-6H,7-8H2,1H3. The van der Waals surface area contributed by atoms with Gasteiger partial charge in [0.05, 0.1) is 25.8 Å². The van der Waals surface area contributed by atoms with E-state index in [0.717, 1.165) is 22.7 Å². The van der Waals surface area contributed by atoms with Gasteiger partial charge in [-0.2, -0.15) is 4.98 Å². The highest BCUT2D eigenvalue weighted by molar-refractivity contribution is 6.16. The maximum atomic E-state index is 5.94. The molecule has 0 spiro atoms. The molecule has 0 saturated heterocycles. The topological polar surface area (TPSA) is 53.1 Å². The number of pyridine rings is 1. The quantitative estimate of drug-likeness (QED) is 0.688. The number of hydrogen-bond donors (Lipinski definition) is 0. The Hall–Kier alpha value is -2.01. The first-order valence-corrected chi connectivity index (χ1v) is 6.33. The molecule has 6 heteroatoms. The number of alkyl halides is 1. The fourth-order valence-electron chi connectivity index (χ4n) is 1.97. The van der Waals surface area contributed by atoms with Gasteiger partial charge in [-0.3, -0.25) is 0 Å². The Kier molecular flexibility index (Phi) is 3.13. The third-order valence-electron chi connectivity index (χ3n) is 2.87. The molecule has 0 amide bonds. The molecule has 0 N–H and O–H groups in total. The van der Waals surface area contributed by atoms with Crippen LogP contribution in [-0.4, -0.2) is 21.6 Å². The Balaban J connectivity index is 2.13. The maximum absolute atomic E-state index is 5.94. The second-order valence-corrected chi connectivity index (χ2v) is 4.29. The van der Waals surface area contributed by atoms with Crippen LogP contribution in [0.25, 0.3) is 11.2 Å². The molecule has 5 nitrogen and oxygen atoms in total. The lowest BCUT2D eigenvalue weighted by molar-refractivity contribution is 0.398. The molecule has 0 bridgehead atoms. The number of nitrogens with zero attached hydrogens (tertiary/aromatic N) is 3. The molecular formula is C13H12ClN3O2. The highest BCUT2D eigenvalue weighted by Gasteiger charge is 2.13. The van der Waals surface area contributed by atoms with Gasteiger partial charge >= 0.3 is 0 Å². The number of aromatic nitrogens is 3. The third-order valence-corrected chi connectivity index (χ3v) is 3.11. The van der Waals surface area contributed by atoms with Crippen molar-refractivity contribution in [3.63, 3.8) is 0 Å². The van der Waals surface area contributed by atoms with Gasteiger partial charge in [-0.05, 0) is 18.2 Å². The van der Waals surface area contributed by atoms with Crippen LogP contribution >= 0.6 is 11.6 Å². The van der Waals surface area contributed by atoms with Crippen molar-refractivity contribution in [2.24, 2.45) is 0 Å². The molecule has 98 valence electrons. The van der Waals surface area contributed by atoms with Crippen molar-refractivity contribution in [2.75, 3.05) is 7.11 Å². The summed E-state index contributed by atoms with van der Waals surface area (Å²) in [5.74, 6) is 2.46. The third kappa shape index (κ3) is 2.17. The number of halogens is 1. The summed E-state index contributed by atoms with van der Waals surface area (Å²) >= 11 is 5.94. The van der Waals surface area contributed by atoms with Gasteiger partial charge in [-0.15, -0.1) is 11.6 Å². The van der Waals surface area contributed by atoms with E-state index in [0.29, 0.717) is 18.3 Å². The smallest absolute Gasteiger partial charge is 0.215 e. The Morgan fingerprint density at radius 1 is 1.32 bits per heavy atom. The van der Waals surface area contributed by atoms with E-state index in [4.69, 9.17) is 20.8 Å². The van der Waals surface area contributed by atoms with Crippen LogP contribution in [0.3, 0.4) is 0 Å². The number of rotatable bonds is 4. The molecule has 19 heavy (non-hydrogen) atoms. The highest BCUT2D eigenvalue weighted by atomic mass is 35.5. The van der Waals surface area contributed by atoms with E-state index in [1.165, 1.54) is 0 Å². The minimum Gasteiger partial charge on any atom is -0.481 e. The normalized spacial score (nSPS) is 11.1. The lowest BCUT2D eigenvalue weighted by Crippen LogP contribution is -2.04. The number of hydrogen-bond acceptors (Lipinski definition) is 4. The van der Waals surface area contributed by atoms with Gasteiger partial charge in [0.1, 0.15) is 17.1 Å². The predicted molar refractivity (Wildman–Crippen MR) is 71.4 cm³/mol. The first-order chi connectivity index (χ1) is 9.31. The van der Waals surface area contributed by atoms with Crippen molar-refractivity contribution in [3.05, 3.63) is 42.1 Å². The second-order valence-electron chi connectivity index (χ2n) is 4.02. The highest BCUT2D eigenvalue weighted by Crippen LogP contribution is 2.20. The van der Waals surface area contributed by atoms with Gasteiger partial charge in [-0.1, -0.05) is 0 Å². The minimum absolute atomic E-state index is 0.319. The van der Waals surface area contributed by atoms with Crippen LogP contribution in [0.1, 0.15) is 11.6 Å². The monoisotopic (exact) mass is 277 g/mol. The van der Waals surface area contributed by atoms with Crippen LogP contribution in [0.4, 0.5) is 0 Å². The van der Waals surface area contributed by atoms with Gasteiger partial charge in [0.15, 0.2) is 5.65 Å². The van der Waals surface area contributed by atoms with Crippen molar-refractivity contribution < 1.29 is 9.15 Å².